The SMILES string of the molecule is CC1(C)c2ccccc2-c2ccc(N(c3[c-]c(-c4ccccn4)ccc3)c3[c-]c(-c4ncccn4)[c-]cc3-c3ccccc3-c3cc(CCc4c[c-]c(-c5ccccn5)cc4)cc(CCc4c[c-]c(-c5ccccn5)cc4)c3)cc21.[Ir+3].[Pt+2]. The molecule has 0 saturated heterocycles. The summed E-state index contributed by atoms with van der Waals surface area (Å²) in [5.41, 5.74) is 22.8. The predicted molar refractivity (Wildman–Crippen MR) is 322 cm³/mol. The fourth-order valence-electron chi connectivity index (χ4n) is 11.2. The number of pyridine rings is 3. The molecule has 0 N–H and O–H groups in total. The molecule has 0 unspecified atom stereocenters. The van der Waals surface area contributed by atoms with Crippen LogP contribution >= 0.6 is 0 Å². The third-order valence-electron chi connectivity index (χ3n) is 15.3. The van der Waals surface area contributed by atoms with Gasteiger partial charge in [0, 0.05) is 42.1 Å². The average Bonchev–Trinajstić information content (AvgIpc) is 3.83. The fourth-order valence-corrected chi connectivity index (χ4v) is 11.2. The largest absolute Gasteiger partial charge is 3.00 e. The molecule has 4 aromatic heterocycles. The summed E-state index contributed by atoms with van der Waals surface area (Å²) in [5, 5.41) is 0. The van der Waals surface area contributed by atoms with Gasteiger partial charge < -0.3 is 29.8 Å². The second-order valence-electron chi connectivity index (χ2n) is 20.8. The first-order valence-electron chi connectivity index (χ1n) is 27.2. The summed E-state index contributed by atoms with van der Waals surface area (Å²) in [4.78, 5) is 25.6. The van der Waals surface area contributed by atoms with Gasteiger partial charge in [-0.25, -0.2) is 11.6 Å². The van der Waals surface area contributed by atoms with E-state index in [0.29, 0.717) is 11.4 Å². The van der Waals surface area contributed by atoms with E-state index in [1.54, 1.807) is 12.4 Å². The molecule has 1 aliphatic rings. The third-order valence-corrected chi connectivity index (χ3v) is 15.3. The van der Waals surface area contributed by atoms with Crippen molar-refractivity contribution in [3.8, 4) is 78.5 Å². The monoisotopic (exact) mass is 1410 g/mol. The van der Waals surface area contributed by atoms with Crippen molar-refractivity contribution in [2.24, 2.45) is 0 Å². The third kappa shape index (κ3) is 11.5. The molecule has 13 rings (SSSR count). The van der Waals surface area contributed by atoms with Crippen LogP contribution in [0.3, 0.4) is 0 Å². The molecule has 6 nitrogen and oxygen atoms in total. The molecule has 4 heterocycles. The summed E-state index contributed by atoms with van der Waals surface area (Å²) in [6.07, 6.45) is 12.4. The van der Waals surface area contributed by atoms with Crippen LogP contribution in [0.25, 0.3) is 78.5 Å². The van der Waals surface area contributed by atoms with E-state index in [2.05, 4.69) is 205 Å². The van der Waals surface area contributed by atoms with Crippen molar-refractivity contribution in [3.63, 3.8) is 0 Å². The smallest absolute Gasteiger partial charge is 0.363 e. The van der Waals surface area contributed by atoms with Crippen LogP contribution in [0.15, 0.2) is 237 Å². The maximum Gasteiger partial charge on any atom is 3.00 e. The molecule has 82 heavy (non-hydrogen) atoms. The van der Waals surface area contributed by atoms with Gasteiger partial charge in [-0.05, 0) is 122 Å². The Kier molecular flexibility index (Phi) is 16.6. The van der Waals surface area contributed by atoms with Crippen molar-refractivity contribution in [2.75, 3.05) is 4.90 Å². The summed E-state index contributed by atoms with van der Waals surface area (Å²) in [5.74, 6) is 0.538. The Balaban J connectivity index is 0.00000353. The number of aryl methyl sites for hydroxylation is 4. The van der Waals surface area contributed by atoms with Gasteiger partial charge in [0.1, 0.15) is 0 Å². The molecule has 0 aliphatic heterocycles. The van der Waals surface area contributed by atoms with E-state index in [4.69, 9.17) is 15.0 Å². The van der Waals surface area contributed by atoms with Crippen molar-refractivity contribution in [1.29, 1.82) is 0 Å². The molecule has 398 valence electrons. The Morgan fingerprint density at radius 2 is 0.951 bits per heavy atom. The van der Waals surface area contributed by atoms with Crippen LogP contribution in [0.1, 0.15) is 47.2 Å². The molecule has 0 bridgehead atoms. The van der Waals surface area contributed by atoms with Gasteiger partial charge >= 0.3 is 41.2 Å². The van der Waals surface area contributed by atoms with Gasteiger partial charge in [0.15, 0.2) is 0 Å². The first kappa shape index (κ1) is 55.3. The number of benzene rings is 8. The van der Waals surface area contributed by atoms with Crippen LogP contribution in [0.4, 0.5) is 17.1 Å². The van der Waals surface area contributed by atoms with Crippen molar-refractivity contribution in [1.82, 2.24) is 24.9 Å². The number of nitrogens with zero attached hydrogens (tertiary/aromatic N) is 6. The fraction of sp³-hybridized carbons (Fsp3) is 0.0946. The van der Waals surface area contributed by atoms with Crippen molar-refractivity contribution in [2.45, 2.75) is 44.9 Å². The van der Waals surface area contributed by atoms with E-state index in [-0.39, 0.29) is 46.6 Å². The van der Waals surface area contributed by atoms with Gasteiger partial charge in [-0.2, -0.15) is 5.56 Å². The van der Waals surface area contributed by atoms with E-state index in [1.165, 1.54) is 44.5 Å². The minimum Gasteiger partial charge on any atom is -0.363 e. The molecule has 0 fully saturated rings. The average molecular weight is 1410 g/mol. The molecule has 0 amide bonds. The van der Waals surface area contributed by atoms with E-state index >= 15 is 0 Å². The number of aromatic nitrogens is 5. The van der Waals surface area contributed by atoms with Gasteiger partial charge in [-0.15, -0.1) is 106 Å². The van der Waals surface area contributed by atoms with Gasteiger partial charge in [0.05, 0.1) is 0 Å². The van der Waals surface area contributed by atoms with Gasteiger partial charge in [-0.3, -0.25) is 12.1 Å². The van der Waals surface area contributed by atoms with Crippen LogP contribution < -0.4 is 4.90 Å². The molecule has 8 heteroatoms. The molecule has 0 atom stereocenters. The van der Waals surface area contributed by atoms with Gasteiger partial charge in [0.25, 0.3) is 0 Å². The van der Waals surface area contributed by atoms with E-state index < -0.39 is 0 Å². The summed E-state index contributed by atoms with van der Waals surface area (Å²) < 4.78 is 0. The maximum absolute atomic E-state index is 4.77. The summed E-state index contributed by atoms with van der Waals surface area (Å²) in [6.45, 7) is 4.65. The zero-order chi connectivity index (χ0) is 53.8. The number of hydrogen-bond donors (Lipinski definition) is 0. The van der Waals surface area contributed by atoms with Crippen LogP contribution in [-0.4, -0.2) is 24.9 Å². The van der Waals surface area contributed by atoms with Crippen molar-refractivity contribution in [3.05, 3.63) is 301 Å². The van der Waals surface area contributed by atoms with Crippen LogP contribution in [-0.2, 0) is 72.3 Å². The van der Waals surface area contributed by atoms with Crippen LogP contribution in [0.5, 0.6) is 0 Å². The quantitative estimate of drug-likeness (QED) is 0.0953. The maximum atomic E-state index is 4.77. The van der Waals surface area contributed by atoms with Gasteiger partial charge in [-0.1, -0.05) is 141 Å². The normalized spacial score (nSPS) is 11.9. The summed E-state index contributed by atoms with van der Waals surface area (Å²) >= 11 is 0. The minimum absolute atomic E-state index is 0. The Morgan fingerprint density at radius 1 is 0.402 bits per heavy atom. The molecule has 1 aliphatic carbocycles. The second-order valence-corrected chi connectivity index (χ2v) is 20.8. The molecular formula is C74H53IrN6Pt. The van der Waals surface area contributed by atoms with Crippen LogP contribution in [0, 0.1) is 30.3 Å². The Morgan fingerprint density at radius 3 is 1.55 bits per heavy atom. The Hall–Kier alpha value is -8.57. The first-order chi connectivity index (χ1) is 39.4. The predicted octanol–water partition coefficient (Wildman–Crippen LogP) is 17.0. The van der Waals surface area contributed by atoms with Gasteiger partial charge in [0.2, 0.25) is 0 Å². The molecule has 0 saturated carbocycles. The van der Waals surface area contributed by atoms with Crippen LogP contribution in [0.2, 0.25) is 0 Å². The zero-order valence-electron chi connectivity index (χ0n) is 45.2. The van der Waals surface area contributed by atoms with Crippen molar-refractivity contribution >= 4 is 17.1 Å². The molecule has 0 radical (unpaired) electrons. The van der Waals surface area contributed by atoms with E-state index in [9.17, 15) is 0 Å². The summed E-state index contributed by atoms with van der Waals surface area (Å²) in [7, 11) is 0. The molecule has 12 aromatic rings. The summed E-state index contributed by atoms with van der Waals surface area (Å²) in [6, 6.07) is 91.0. The Labute approximate surface area is 508 Å². The second kappa shape index (κ2) is 24.7. The number of fused-ring (bicyclic) bond motifs is 3. The molecular weight excluding hydrogens is 1360 g/mol. The topological polar surface area (TPSA) is 67.7 Å². The molecule has 0 spiro atoms. The standard InChI is InChI=1S/C74H53N6.Ir.Pt/c1-74(2)67-20-6-5-19-64(67)65-39-37-61(50-68(65)74)80(60-16-13-15-57(48-60)71-23-9-12-42-77-71)72-49-58(73-78-43-14-44-79-73)36-38-66(72)63-18-4-3-17-62(63)59-46-53(26-24-51-28-32-55(33-29-51)69-21-7-10-40-75-69)45-54(47-59)27-25-52-30-34-56(35-31-52)70-22-8-11-41-76-70;;/h3-23,28-32,34,37-47,50H,24-27H2,1-2H3;;/q-5;+3;+2. The first-order valence-corrected chi connectivity index (χ1v) is 27.2. The van der Waals surface area contributed by atoms with Crippen molar-refractivity contribution < 1.29 is 41.2 Å². The van der Waals surface area contributed by atoms with E-state index in [0.717, 1.165) is 98.8 Å². The number of hydrogen-bond acceptors (Lipinski definition) is 6. The molecule has 8 aromatic carbocycles. The number of rotatable bonds is 15. The van der Waals surface area contributed by atoms with E-state index in [1.807, 2.05) is 79.3 Å². The Bertz CT molecular complexity index is 4030. The zero-order valence-corrected chi connectivity index (χ0v) is 49.8. The number of anilines is 3. The minimum atomic E-state index is -0.245.